The van der Waals surface area contributed by atoms with E-state index in [4.69, 9.17) is 9.84 Å². The fraction of sp³-hybridized carbons (Fsp3) is 0.417. The van der Waals surface area contributed by atoms with Crippen molar-refractivity contribution in [3.63, 3.8) is 0 Å². The molecule has 1 heterocycles. The van der Waals surface area contributed by atoms with Crippen molar-refractivity contribution in [1.29, 1.82) is 0 Å². The lowest BCUT2D eigenvalue weighted by Crippen LogP contribution is -2.28. The Kier molecular flexibility index (Phi) is 3.79. The molecule has 0 spiro atoms. The standard InChI is InChI=1S/C12H12BrFO3/c13-9-4-3-7(6-10(9)14)11-8(12(15)16)2-1-5-17-11/h3-4,6,8,11H,1-2,5H2,(H,15,16). The topological polar surface area (TPSA) is 46.5 Å². The van der Waals surface area contributed by atoms with Gasteiger partial charge in [0.2, 0.25) is 0 Å². The van der Waals surface area contributed by atoms with E-state index in [1.54, 1.807) is 12.1 Å². The summed E-state index contributed by atoms with van der Waals surface area (Å²) >= 11 is 3.07. The molecule has 0 aliphatic carbocycles. The van der Waals surface area contributed by atoms with Crippen molar-refractivity contribution in [1.82, 2.24) is 0 Å². The van der Waals surface area contributed by atoms with Gasteiger partial charge in [-0.25, -0.2) is 4.39 Å². The summed E-state index contributed by atoms with van der Waals surface area (Å²) in [5.41, 5.74) is 0.581. The number of hydrogen-bond acceptors (Lipinski definition) is 2. The van der Waals surface area contributed by atoms with Crippen molar-refractivity contribution in [2.24, 2.45) is 5.92 Å². The third-order valence-electron chi connectivity index (χ3n) is 2.91. The Hall–Kier alpha value is -0.940. The van der Waals surface area contributed by atoms with Crippen LogP contribution >= 0.6 is 15.9 Å². The van der Waals surface area contributed by atoms with Gasteiger partial charge in [-0.15, -0.1) is 0 Å². The normalized spacial score (nSPS) is 24.6. The van der Waals surface area contributed by atoms with Gasteiger partial charge in [-0.2, -0.15) is 0 Å². The van der Waals surface area contributed by atoms with Crippen LogP contribution in [-0.2, 0) is 9.53 Å². The first-order chi connectivity index (χ1) is 8.09. The lowest BCUT2D eigenvalue weighted by Gasteiger charge is -2.29. The first-order valence-corrected chi connectivity index (χ1v) is 6.18. The second-order valence-corrected chi connectivity index (χ2v) is 4.91. The zero-order valence-corrected chi connectivity index (χ0v) is 10.6. The third-order valence-corrected chi connectivity index (χ3v) is 3.55. The van der Waals surface area contributed by atoms with Crippen LogP contribution in [0.3, 0.4) is 0 Å². The largest absolute Gasteiger partial charge is 0.481 e. The molecule has 0 amide bonds. The highest BCUT2D eigenvalue weighted by atomic mass is 79.9. The molecule has 2 unspecified atom stereocenters. The molecule has 2 atom stereocenters. The first kappa shape index (κ1) is 12.5. The number of rotatable bonds is 2. The van der Waals surface area contributed by atoms with Crippen molar-refractivity contribution in [2.75, 3.05) is 6.61 Å². The zero-order chi connectivity index (χ0) is 12.4. The molecule has 92 valence electrons. The van der Waals surface area contributed by atoms with Gasteiger partial charge in [-0.05, 0) is 46.5 Å². The van der Waals surface area contributed by atoms with E-state index in [-0.39, 0.29) is 0 Å². The van der Waals surface area contributed by atoms with Gasteiger partial charge >= 0.3 is 5.97 Å². The van der Waals surface area contributed by atoms with Gasteiger partial charge < -0.3 is 9.84 Å². The van der Waals surface area contributed by atoms with Crippen LogP contribution in [0.4, 0.5) is 4.39 Å². The summed E-state index contributed by atoms with van der Waals surface area (Å²) in [6.07, 6.45) is 0.744. The van der Waals surface area contributed by atoms with Gasteiger partial charge in [0.25, 0.3) is 0 Å². The Morgan fingerprint density at radius 3 is 2.94 bits per heavy atom. The Morgan fingerprint density at radius 2 is 2.29 bits per heavy atom. The second-order valence-electron chi connectivity index (χ2n) is 4.05. The summed E-state index contributed by atoms with van der Waals surface area (Å²) in [7, 11) is 0. The molecule has 3 nitrogen and oxygen atoms in total. The van der Waals surface area contributed by atoms with Gasteiger partial charge in [-0.3, -0.25) is 4.79 Å². The number of halogens is 2. The Balaban J connectivity index is 2.29. The molecule has 0 radical (unpaired) electrons. The summed E-state index contributed by atoms with van der Waals surface area (Å²) in [6, 6.07) is 4.59. The van der Waals surface area contributed by atoms with Gasteiger partial charge in [0.15, 0.2) is 0 Å². The van der Waals surface area contributed by atoms with Crippen LogP contribution in [0.5, 0.6) is 0 Å². The number of ether oxygens (including phenoxy) is 1. The summed E-state index contributed by atoms with van der Waals surface area (Å²) in [4.78, 5) is 11.1. The fourth-order valence-electron chi connectivity index (χ4n) is 2.05. The monoisotopic (exact) mass is 302 g/mol. The Labute approximate surface area is 107 Å². The van der Waals surface area contributed by atoms with E-state index < -0.39 is 23.8 Å². The molecule has 1 aromatic carbocycles. The third kappa shape index (κ3) is 2.66. The van der Waals surface area contributed by atoms with Crippen LogP contribution < -0.4 is 0 Å². The Bertz CT molecular complexity index is 436. The molecular formula is C12H12BrFO3. The van der Waals surface area contributed by atoms with Crippen LogP contribution in [0, 0.1) is 11.7 Å². The number of aliphatic carboxylic acids is 1. The molecule has 1 N–H and O–H groups in total. The minimum Gasteiger partial charge on any atom is -0.481 e. The quantitative estimate of drug-likeness (QED) is 0.913. The highest BCUT2D eigenvalue weighted by Crippen LogP contribution is 2.34. The maximum absolute atomic E-state index is 13.4. The minimum absolute atomic E-state index is 0.365. The lowest BCUT2D eigenvalue weighted by atomic mass is 9.89. The molecular weight excluding hydrogens is 291 g/mol. The van der Waals surface area contributed by atoms with E-state index in [0.717, 1.165) is 6.42 Å². The molecule has 0 bridgehead atoms. The number of benzene rings is 1. The van der Waals surface area contributed by atoms with Crippen LogP contribution in [0.25, 0.3) is 0 Å². The predicted octanol–water partition coefficient (Wildman–Crippen LogP) is 3.14. The highest BCUT2D eigenvalue weighted by molar-refractivity contribution is 9.10. The SMILES string of the molecule is O=C(O)C1CCCOC1c1ccc(Br)c(F)c1. The number of carboxylic acid groups (broad SMARTS) is 1. The van der Waals surface area contributed by atoms with Crippen molar-refractivity contribution < 1.29 is 19.0 Å². The fourth-order valence-corrected chi connectivity index (χ4v) is 2.30. The number of hydrogen-bond donors (Lipinski definition) is 1. The number of carbonyl (C=O) groups is 1. The molecule has 0 aromatic heterocycles. The second kappa shape index (κ2) is 5.14. The lowest BCUT2D eigenvalue weighted by molar-refractivity contribution is -0.151. The van der Waals surface area contributed by atoms with Gasteiger partial charge in [-0.1, -0.05) is 6.07 Å². The zero-order valence-electron chi connectivity index (χ0n) is 9.03. The molecule has 1 fully saturated rings. The summed E-state index contributed by atoms with van der Waals surface area (Å²) in [5, 5.41) is 9.11. The minimum atomic E-state index is -0.891. The average Bonchev–Trinajstić information content (AvgIpc) is 2.32. The van der Waals surface area contributed by atoms with Gasteiger partial charge in [0, 0.05) is 6.61 Å². The molecule has 1 aliphatic heterocycles. The molecule has 0 saturated carbocycles. The molecule has 2 rings (SSSR count). The van der Waals surface area contributed by atoms with Crippen molar-refractivity contribution in [3.8, 4) is 0 Å². The van der Waals surface area contributed by atoms with E-state index in [2.05, 4.69) is 15.9 Å². The van der Waals surface area contributed by atoms with E-state index in [9.17, 15) is 9.18 Å². The van der Waals surface area contributed by atoms with Crippen molar-refractivity contribution in [3.05, 3.63) is 34.1 Å². The van der Waals surface area contributed by atoms with Crippen molar-refractivity contribution >= 4 is 21.9 Å². The predicted molar refractivity (Wildman–Crippen MR) is 63.2 cm³/mol. The van der Waals surface area contributed by atoms with E-state index in [0.29, 0.717) is 23.1 Å². The summed E-state index contributed by atoms with van der Waals surface area (Å²) in [5.74, 6) is -1.89. The van der Waals surface area contributed by atoms with Gasteiger partial charge in [0.05, 0.1) is 16.5 Å². The van der Waals surface area contributed by atoms with Crippen LogP contribution in [-0.4, -0.2) is 17.7 Å². The number of carboxylic acids is 1. The van der Waals surface area contributed by atoms with E-state index >= 15 is 0 Å². The molecule has 5 heteroatoms. The maximum Gasteiger partial charge on any atom is 0.309 e. The highest BCUT2D eigenvalue weighted by Gasteiger charge is 2.33. The van der Waals surface area contributed by atoms with Crippen molar-refractivity contribution in [2.45, 2.75) is 18.9 Å². The summed E-state index contributed by atoms with van der Waals surface area (Å²) in [6.45, 7) is 0.520. The van der Waals surface area contributed by atoms with Crippen LogP contribution in [0.2, 0.25) is 0 Å². The average molecular weight is 303 g/mol. The molecule has 1 aliphatic rings. The van der Waals surface area contributed by atoms with E-state index in [1.807, 2.05) is 0 Å². The Morgan fingerprint density at radius 1 is 1.53 bits per heavy atom. The van der Waals surface area contributed by atoms with Gasteiger partial charge in [0.1, 0.15) is 5.82 Å². The van der Waals surface area contributed by atoms with Crippen LogP contribution in [0.1, 0.15) is 24.5 Å². The smallest absolute Gasteiger partial charge is 0.309 e. The van der Waals surface area contributed by atoms with Crippen LogP contribution in [0.15, 0.2) is 22.7 Å². The first-order valence-electron chi connectivity index (χ1n) is 5.39. The molecule has 17 heavy (non-hydrogen) atoms. The molecule has 1 aromatic rings. The summed E-state index contributed by atoms with van der Waals surface area (Å²) < 4.78 is 19.2. The van der Waals surface area contributed by atoms with E-state index in [1.165, 1.54) is 6.07 Å². The molecule has 1 saturated heterocycles. The maximum atomic E-state index is 13.4.